The summed E-state index contributed by atoms with van der Waals surface area (Å²) in [6.45, 7) is 4.90. The molecule has 1 saturated heterocycles. The molecule has 126 valence electrons. The number of carbonyl (C=O) groups is 2. The quantitative estimate of drug-likeness (QED) is 0.869. The monoisotopic (exact) mass is 321 g/mol. The maximum Gasteiger partial charge on any atom is 0.311 e. The zero-order valence-electron chi connectivity index (χ0n) is 13.6. The number of carboxylic acids is 1. The Morgan fingerprint density at radius 1 is 1.22 bits per heavy atom. The molecule has 1 aromatic carbocycles. The van der Waals surface area contributed by atoms with Gasteiger partial charge in [0.1, 0.15) is 11.5 Å². The van der Waals surface area contributed by atoms with E-state index in [0.29, 0.717) is 31.7 Å². The van der Waals surface area contributed by atoms with Crippen molar-refractivity contribution in [2.45, 2.75) is 26.7 Å². The molecule has 1 aliphatic heterocycles. The van der Waals surface area contributed by atoms with Gasteiger partial charge in [-0.2, -0.15) is 0 Å². The van der Waals surface area contributed by atoms with Crippen LogP contribution in [0.5, 0.6) is 11.5 Å². The minimum atomic E-state index is -0.868. The van der Waals surface area contributed by atoms with Crippen molar-refractivity contribution in [3.63, 3.8) is 0 Å². The van der Waals surface area contributed by atoms with E-state index in [1.54, 1.807) is 36.1 Å². The number of piperidine rings is 1. The Kier molecular flexibility index (Phi) is 5.47. The molecule has 1 N–H and O–H groups in total. The van der Waals surface area contributed by atoms with Gasteiger partial charge in [-0.3, -0.25) is 9.59 Å². The maximum absolute atomic E-state index is 12.2. The van der Waals surface area contributed by atoms with Crippen molar-refractivity contribution in [2.24, 2.45) is 5.41 Å². The fraction of sp³-hybridized carbons (Fsp3) is 0.529. The highest BCUT2D eigenvalue weighted by molar-refractivity contribution is 5.80. The molecule has 2 rings (SSSR count). The van der Waals surface area contributed by atoms with Crippen molar-refractivity contribution in [3.05, 3.63) is 24.3 Å². The van der Waals surface area contributed by atoms with Gasteiger partial charge in [-0.15, -0.1) is 0 Å². The molecule has 0 bridgehead atoms. The lowest BCUT2D eigenvalue weighted by atomic mass is 9.82. The topological polar surface area (TPSA) is 76.1 Å². The zero-order chi connectivity index (χ0) is 16.9. The lowest BCUT2D eigenvalue weighted by Gasteiger charge is -2.37. The zero-order valence-corrected chi connectivity index (χ0v) is 13.6. The van der Waals surface area contributed by atoms with Crippen molar-refractivity contribution < 1.29 is 24.2 Å². The summed E-state index contributed by atoms with van der Waals surface area (Å²) in [7, 11) is 0. The molecule has 23 heavy (non-hydrogen) atoms. The van der Waals surface area contributed by atoms with Gasteiger partial charge in [0.15, 0.2) is 6.61 Å². The molecular weight excluding hydrogens is 298 g/mol. The molecule has 6 nitrogen and oxygen atoms in total. The molecule has 1 aliphatic rings. The molecule has 1 aromatic rings. The Morgan fingerprint density at radius 3 is 2.39 bits per heavy atom. The van der Waals surface area contributed by atoms with Crippen LogP contribution >= 0.6 is 0 Å². The Morgan fingerprint density at radius 2 is 1.83 bits per heavy atom. The molecule has 6 heteroatoms. The van der Waals surface area contributed by atoms with E-state index in [-0.39, 0.29) is 19.1 Å². The van der Waals surface area contributed by atoms with E-state index >= 15 is 0 Å². The van der Waals surface area contributed by atoms with Crippen molar-refractivity contribution in [1.82, 2.24) is 4.90 Å². The molecule has 1 fully saturated rings. The maximum atomic E-state index is 12.2. The van der Waals surface area contributed by atoms with E-state index in [2.05, 4.69) is 0 Å². The normalized spacial score (nSPS) is 20.9. The van der Waals surface area contributed by atoms with E-state index in [0.717, 1.165) is 5.75 Å². The average molecular weight is 321 g/mol. The van der Waals surface area contributed by atoms with Gasteiger partial charge in [0.05, 0.1) is 12.0 Å². The third kappa shape index (κ3) is 4.37. The summed E-state index contributed by atoms with van der Waals surface area (Å²) in [6, 6.07) is 7.06. The van der Waals surface area contributed by atoms with Crippen LogP contribution in [0.3, 0.4) is 0 Å². The smallest absolute Gasteiger partial charge is 0.311 e. The molecule has 0 radical (unpaired) electrons. The molecule has 1 atom stereocenters. The number of ether oxygens (including phenoxy) is 2. The SMILES string of the molecule is CCOc1ccc(OCC(=O)N2CCCC(C)(C(=O)O)C2)cc1. The van der Waals surface area contributed by atoms with E-state index < -0.39 is 11.4 Å². The van der Waals surface area contributed by atoms with E-state index in [4.69, 9.17) is 9.47 Å². The Bertz CT molecular complexity index is 557. The first-order chi connectivity index (χ1) is 10.9. The van der Waals surface area contributed by atoms with Crippen molar-refractivity contribution in [2.75, 3.05) is 26.3 Å². The molecule has 1 unspecified atom stereocenters. The molecule has 1 heterocycles. The number of rotatable bonds is 6. The lowest BCUT2D eigenvalue weighted by Crippen LogP contribution is -2.49. The third-order valence-electron chi connectivity index (χ3n) is 4.06. The number of nitrogens with zero attached hydrogens (tertiary/aromatic N) is 1. The fourth-order valence-corrected chi connectivity index (χ4v) is 2.66. The van der Waals surface area contributed by atoms with Crippen LogP contribution in [0.1, 0.15) is 26.7 Å². The minimum Gasteiger partial charge on any atom is -0.494 e. The summed E-state index contributed by atoms with van der Waals surface area (Å²) in [5.41, 5.74) is -0.868. The van der Waals surface area contributed by atoms with Gasteiger partial charge in [0.25, 0.3) is 5.91 Å². The molecule has 0 aromatic heterocycles. The molecule has 1 amide bonds. The standard InChI is InChI=1S/C17H23NO5/c1-3-22-13-5-7-14(8-6-13)23-11-15(19)18-10-4-9-17(2,12-18)16(20)21/h5-8H,3-4,9-12H2,1-2H3,(H,20,21). The number of likely N-dealkylation sites (tertiary alicyclic amines) is 1. The Balaban J connectivity index is 1.88. The van der Waals surface area contributed by atoms with Crippen LogP contribution < -0.4 is 9.47 Å². The van der Waals surface area contributed by atoms with Crippen LogP contribution in [0.25, 0.3) is 0 Å². The number of amides is 1. The first kappa shape index (κ1) is 17.1. The predicted molar refractivity (Wildman–Crippen MR) is 84.7 cm³/mol. The number of hydrogen-bond donors (Lipinski definition) is 1. The van der Waals surface area contributed by atoms with Crippen LogP contribution in [0.2, 0.25) is 0 Å². The summed E-state index contributed by atoms with van der Waals surface area (Å²) in [5, 5.41) is 9.29. The molecule has 0 saturated carbocycles. The van der Waals surface area contributed by atoms with Gasteiger partial charge in [-0.05, 0) is 51.0 Å². The highest BCUT2D eigenvalue weighted by Crippen LogP contribution is 2.29. The second kappa shape index (κ2) is 7.35. The van der Waals surface area contributed by atoms with E-state index in [1.807, 2.05) is 6.92 Å². The first-order valence-electron chi connectivity index (χ1n) is 7.81. The van der Waals surface area contributed by atoms with Gasteiger partial charge in [-0.1, -0.05) is 0 Å². The van der Waals surface area contributed by atoms with Crippen LogP contribution in [0, 0.1) is 5.41 Å². The van der Waals surface area contributed by atoms with Crippen LogP contribution in [-0.4, -0.2) is 48.2 Å². The summed E-state index contributed by atoms with van der Waals surface area (Å²) in [4.78, 5) is 25.1. The van der Waals surface area contributed by atoms with Crippen molar-refractivity contribution in [1.29, 1.82) is 0 Å². The van der Waals surface area contributed by atoms with Crippen LogP contribution in [-0.2, 0) is 9.59 Å². The Hall–Kier alpha value is -2.24. The van der Waals surface area contributed by atoms with E-state index in [9.17, 15) is 14.7 Å². The predicted octanol–water partition coefficient (Wildman–Crippen LogP) is 2.18. The van der Waals surface area contributed by atoms with Gasteiger partial charge >= 0.3 is 5.97 Å². The largest absolute Gasteiger partial charge is 0.494 e. The highest BCUT2D eigenvalue weighted by atomic mass is 16.5. The van der Waals surface area contributed by atoms with Crippen molar-refractivity contribution >= 4 is 11.9 Å². The summed E-state index contributed by atoms with van der Waals surface area (Å²) < 4.78 is 10.8. The molecular formula is C17H23NO5. The molecule has 0 spiro atoms. The number of carbonyl (C=O) groups excluding carboxylic acids is 1. The first-order valence-corrected chi connectivity index (χ1v) is 7.81. The van der Waals surface area contributed by atoms with Gasteiger partial charge < -0.3 is 19.5 Å². The van der Waals surface area contributed by atoms with Gasteiger partial charge in [0.2, 0.25) is 0 Å². The summed E-state index contributed by atoms with van der Waals surface area (Å²) in [6.07, 6.45) is 1.28. The lowest BCUT2D eigenvalue weighted by molar-refractivity contribution is -0.153. The van der Waals surface area contributed by atoms with E-state index in [1.165, 1.54) is 0 Å². The second-order valence-corrected chi connectivity index (χ2v) is 5.98. The number of benzene rings is 1. The number of aliphatic carboxylic acids is 1. The minimum absolute atomic E-state index is 0.0936. The van der Waals surface area contributed by atoms with Gasteiger partial charge in [-0.25, -0.2) is 0 Å². The number of hydrogen-bond acceptors (Lipinski definition) is 4. The van der Waals surface area contributed by atoms with Crippen LogP contribution in [0.4, 0.5) is 0 Å². The third-order valence-corrected chi connectivity index (χ3v) is 4.06. The Labute approximate surface area is 136 Å². The summed E-state index contributed by atoms with van der Waals surface area (Å²) >= 11 is 0. The summed E-state index contributed by atoms with van der Waals surface area (Å²) in [5.74, 6) is 0.285. The number of carboxylic acid groups (broad SMARTS) is 1. The average Bonchev–Trinajstić information content (AvgIpc) is 2.54. The second-order valence-electron chi connectivity index (χ2n) is 5.98. The highest BCUT2D eigenvalue weighted by Gasteiger charge is 2.39. The van der Waals surface area contributed by atoms with Crippen LogP contribution in [0.15, 0.2) is 24.3 Å². The molecule has 0 aliphatic carbocycles. The fourth-order valence-electron chi connectivity index (χ4n) is 2.66. The van der Waals surface area contributed by atoms with Crippen molar-refractivity contribution in [3.8, 4) is 11.5 Å². The van der Waals surface area contributed by atoms with Gasteiger partial charge in [0, 0.05) is 13.1 Å².